The number of halogens is 1. The summed E-state index contributed by atoms with van der Waals surface area (Å²) in [6, 6.07) is 2.03. The van der Waals surface area contributed by atoms with Crippen LogP contribution in [0.25, 0.3) is 0 Å². The van der Waals surface area contributed by atoms with Gasteiger partial charge >= 0.3 is 0 Å². The molecule has 0 aromatic heterocycles. The molecule has 0 bridgehead atoms. The van der Waals surface area contributed by atoms with E-state index >= 15 is 0 Å². The fourth-order valence-corrected chi connectivity index (χ4v) is 2.88. The van der Waals surface area contributed by atoms with E-state index in [1.165, 1.54) is 0 Å². The van der Waals surface area contributed by atoms with Gasteiger partial charge in [0, 0.05) is 0 Å². The van der Waals surface area contributed by atoms with Crippen molar-refractivity contribution in [3.8, 4) is 6.07 Å². The van der Waals surface area contributed by atoms with Gasteiger partial charge in [-0.3, -0.25) is 4.99 Å². The van der Waals surface area contributed by atoms with Gasteiger partial charge in [-0.25, -0.2) is 0 Å². The Morgan fingerprint density at radius 2 is 2.00 bits per heavy atom. The van der Waals surface area contributed by atoms with Crippen molar-refractivity contribution >= 4 is 49.0 Å². The lowest BCUT2D eigenvalue weighted by molar-refractivity contribution is 1.38. The number of anilines is 2. The number of aliphatic imine (C=N–C) groups is 1. The molecule has 0 saturated carbocycles. The van der Waals surface area contributed by atoms with E-state index in [1.54, 1.807) is 6.92 Å². The van der Waals surface area contributed by atoms with Crippen LogP contribution in [-0.2, 0) is 0 Å². The molecule has 0 spiro atoms. The summed E-state index contributed by atoms with van der Waals surface area (Å²) in [6.07, 6.45) is 0. The molecule has 0 amide bonds. The van der Waals surface area contributed by atoms with Gasteiger partial charge in [0.1, 0.15) is 11.6 Å². The van der Waals surface area contributed by atoms with E-state index in [9.17, 15) is 0 Å². The molecule has 1 rings (SSSR count). The first kappa shape index (κ1) is 11.7. The number of rotatable bonds is 2. The predicted molar refractivity (Wildman–Crippen MR) is 73.8 cm³/mol. The lowest BCUT2D eigenvalue weighted by Gasteiger charge is -2.12. The second kappa shape index (κ2) is 4.40. The molecule has 0 radical (unpaired) electrons. The van der Waals surface area contributed by atoms with Crippen molar-refractivity contribution in [2.75, 3.05) is 11.5 Å². The molecule has 0 atom stereocenters. The maximum absolute atomic E-state index is 9.00. The molecule has 5 heteroatoms. The topological polar surface area (TPSA) is 88.2 Å². The number of benzene rings is 1. The molecular weight excluding hydrogens is 303 g/mol. The maximum Gasteiger partial charge on any atom is 0.104 e. The van der Waals surface area contributed by atoms with Gasteiger partial charge in [-0.15, -0.1) is 0 Å². The smallest absolute Gasteiger partial charge is 0.104 e. The number of hydrogen-bond acceptors (Lipinski definition) is 4. The fourth-order valence-electron chi connectivity index (χ4n) is 1.26. The second-order valence-electron chi connectivity index (χ2n) is 2.89. The summed E-state index contributed by atoms with van der Waals surface area (Å²) in [6.45, 7) is 5.23. The molecule has 4 N–H and O–H groups in total. The van der Waals surface area contributed by atoms with Gasteiger partial charge < -0.3 is 11.5 Å². The molecule has 0 aliphatic carbocycles. The molecule has 78 valence electrons. The Morgan fingerprint density at radius 3 is 2.40 bits per heavy atom. The van der Waals surface area contributed by atoms with Crippen LogP contribution in [0.2, 0.25) is 0 Å². The van der Waals surface area contributed by atoms with E-state index in [-0.39, 0.29) is 0 Å². The zero-order chi connectivity index (χ0) is 11.6. The highest BCUT2D eigenvalue weighted by molar-refractivity contribution is 14.2. The number of nitrogens with two attached hydrogens (primary N) is 2. The molecule has 0 saturated heterocycles. The molecule has 1 aromatic carbocycles. The maximum atomic E-state index is 9.00. The lowest BCUT2D eigenvalue weighted by Crippen LogP contribution is -2.02. The highest BCUT2D eigenvalue weighted by atomic mass is 127. The van der Waals surface area contributed by atoms with Gasteiger partial charge in [0.15, 0.2) is 0 Å². The molecular formula is C10H11IN4. The van der Waals surface area contributed by atoms with Crippen LogP contribution < -0.4 is 11.5 Å². The van der Waals surface area contributed by atoms with E-state index in [0.29, 0.717) is 22.6 Å². The molecule has 0 heterocycles. The number of nitrogens with zero attached hydrogens (tertiary/aromatic N) is 2. The zero-order valence-electron chi connectivity index (χ0n) is 8.34. The molecule has 0 fully saturated rings. The number of nitriles is 1. The summed E-state index contributed by atoms with van der Waals surface area (Å²) >= 11 is -0.508. The van der Waals surface area contributed by atoms with Crippen LogP contribution in [0.15, 0.2) is 4.99 Å². The van der Waals surface area contributed by atoms with Gasteiger partial charge in [-0.05, 0) is 19.2 Å². The third-order valence-corrected chi connectivity index (χ3v) is 4.02. The van der Waals surface area contributed by atoms with Gasteiger partial charge in [-0.2, -0.15) is 5.26 Å². The van der Waals surface area contributed by atoms with Crippen molar-refractivity contribution < 1.29 is 0 Å². The Hall–Kier alpha value is -1.42. The molecule has 0 aliphatic heterocycles. The normalized spacial score (nSPS) is 9.60. The fraction of sp³-hybridized carbons (Fsp3) is 0.100. The van der Waals surface area contributed by atoms with E-state index < -0.39 is 20.7 Å². The van der Waals surface area contributed by atoms with Crippen molar-refractivity contribution in [1.82, 2.24) is 0 Å². The first-order valence-corrected chi connectivity index (χ1v) is 6.65. The summed E-state index contributed by atoms with van der Waals surface area (Å²) in [4.78, 5) is 3.83. The molecule has 0 unspecified atom stereocenters. The van der Waals surface area contributed by atoms with Crippen LogP contribution in [0, 0.1) is 21.8 Å². The van der Waals surface area contributed by atoms with Gasteiger partial charge in [0.2, 0.25) is 0 Å². The second-order valence-corrected chi connectivity index (χ2v) is 4.74. The van der Waals surface area contributed by atoms with Crippen molar-refractivity contribution in [2.24, 2.45) is 4.99 Å². The molecule has 15 heavy (non-hydrogen) atoms. The average Bonchev–Trinajstić information content (AvgIpc) is 2.25. The Kier molecular flexibility index (Phi) is 3.42. The minimum Gasteiger partial charge on any atom is -0.398 e. The van der Waals surface area contributed by atoms with Crippen LogP contribution in [0.5, 0.6) is 0 Å². The van der Waals surface area contributed by atoms with Crippen LogP contribution >= 0.6 is 20.7 Å². The standard InChI is InChI=1S/C10H11IN4/c1-5-8(13)6(4-12)10(15-3)7(11-2)9(5)14/h2-3,13-14H2,1H3. The largest absolute Gasteiger partial charge is 0.398 e. The highest BCUT2D eigenvalue weighted by Gasteiger charge is 2.16. The van der Waals surface area contributed by atoms with E-state index in [2.05, 4.69) is 16.2 Å². The average molecular weight is 314 g/mol. The Morgan fingerprint density at radius 1 is 1.40 bits per heavy atom. The van der Waals surface area contributed by atoms with Gasteiger partial charge in [0.25, 0.3) is 0 Å². The predicted octanol–water partition coefficient (Wildman–Crippen LogP) is 1.94. The van der Waals surface area contributed by atoms with Crippen molar-refractivity contribution in [1.29, 1.82) is 5.26 Å². The summed E-state index contributed by atoms with van der Waals surface area (Å²) in [5.74, 6) is 0. The minimum absolute atomic E-state index is 0.357. The summed E-state index contributed by atoms with van der Waals surface area (Å²) in [5, 5.41) is 9.00. The number of hydrogen-bond donors (Lipinski definition) is 2. The summed E-state index contributed by atoms with van der Waals surface area (Å²) < 4.78 is 4.70. The third-order valence-electron chi connectivity index (χ3n) is 2.16. The van der Waals surface area contributed by atoms with E-state index in [4.69, 9.17) is 16.7 Å². The Bertz CT molecular complexity index is 485. The third kappa shape index (κ3) is 1.72. The van der Waals surface area contributed by atoms with Crippen LogP contribution in [0.1, 0.15) is 11.1 Å². The van der Waals surface area contributed by atoms with Crippen LogP contribution in [0.4, 0.5) is 17.1 Å². The Balaban J connectivity index is 3.84. The first-order valence-electron chi connectivity index (χ1n) is 4.05. The van der Waals surface area contributed by atoms with Crippen molar-refractivity contribution in [3.63, 3.8) is 0 Å². The number of nitrogen functional groups attached to an aromatic ring is 2. The molecule has 0 aliphatic rings. The van der Waals surface area contributed by atoms with E-state index in [1.807, 2.05) is 6.07 Å². The first-order chi connectivity index (χ1) is 7.08. The van der Waals surface area contributed by atoms with Crippen molar-refractivity contribution in [3.05, 3.63) is 14.7 Å². The zero-order valence-corrected chi connectivity index (χ0v) is 10.5. The van der Waals surface area contributed by atoms with Gasteiger partial charge in [-0.1, -0.05) is 25.2 Å². The van der Waals surface area contributed by atoms with Gasteiger partial charge in [0.05, 0.1) is 20.6 Å². The SMILES string of the molecule is C=Nc1c(C#N)c(N)c(C)c(N)c1I=C. The van der Waals surface area contributed by atoms with Crippen LogP contribution in [0.3, 0.4) is 0 Å². The highest BCUT2D eigenvalue weighted by Crippen LogP contribution is 2.39. The van der Waals surface area contributed by atoms with E-state index in [0.717, 1.165) is 9.13 Å². The van der Waals surface area contributed by atoms with Crippen LogP contribution in [-0.4, -0.2) is 11.2 Å². The molecule has 1 aromatic rings. The monoisotopic (exact) mass is 314 g/mol. The summed E-state index contributed by atoms with van der Waals surface area (Å²) in [7, 11) is 0. The quantitative estimate of drug-likeness (QED) is 0.497. The molecule has 4 nitrogen and oxygen atoms in total. The Labute approximate surface area is 98.4 Å². The lowest BCUT2D eigenvalue weighted by atomic mass is 10.1. The van der Waals surface area contributed by atoms with Crippen molar-refractivity contribution in [2.45, 2.75) is 6.92 Å². The minimum atomic E-state index is -0.508. The summed E-state index contributed by atoms with van der Waals surface area (Å²) in [5.41, 5.74) is 14.3.